The number of piperazine rings is 1. The minimum Gasteiger partial charge on any atom is -0.330 e. The summed E-state index contributed by atoms with van der Waals surface area (Å²) in [6, 6.07) is 0. The Bertz CT molecular complexity index is 155. The first-order valence-electron chi connectivity index (χ1n) is 7.59. The number of hydrogen-bond donors (Lipinski definition) is 5. The molecule has 0 bridgehead atoms. The zero-order valence-corrected chi connectivity index (χ0v) is 12.4. The van der Waals surface area contributed by atoms with Crippen LogP contribution in [0.15, 0.2) is 0 Å². The van der Waals surface area contributed by atoms with E-state index in [1.165, 1.54) is 19.6 Å². The lowest BCUT2D eigenvalue weighted by Gasteiger charge is -2.26. The number of rotatable bonds is 9. The van der Waals surface area contributed by atoms with Gasteiger partial charge in [-0.3, -0.25) is 0 Å². The Morgan fingerprint density at radius 3 is 1.84 bits per heavy atom. The molecule has 0 aromatic rings. The fourth-order valence-electron chi connectivity index (χ4n) is 1.83. The average Bonchev–Trinajstić information content (AvgIpc) is 2.47. The van der Waals surface area contributed by atoms with E-state index in [0.717, 1.165) is 65.1 Å². The van der Waals surface area contributed by atoms with Crippen LogP contribution in [0.4, 0.5) is 0 Å². The van der Waals surface area contributed by atoms with Gasteiger partial charge in [0.1, 0.15) is 0 Å². The molecule has 0 spiro atoms. The standard InChI is InChI=1S/C7H17N3.C6H17N3/c8-2-1-5-10-6-3-9-4-7-10;7-3-1-5-9-6-2-4-8/h9H,1-8H2;9H,1-8H2. The third-order valence-electron chi connectivity index (χ3n) is 3.00. The van der Waals surface area contributed by atoms with E-state index in [4.69, 9.17) is 17.2 Å². The lowest BCUT2D eigenvalue weighted by molar-refractivity contribution is 0.240. The molecular weight excluding hydrogens is 240 g/mol. The molecule has 1 aliphatic heterocycles. The first-order chi connectivity index (χ1) is 9.35. The Morgan fingerprint density at radius 2 is 1.37 bits per heavy atom. The molecule has 6 nitrogen and oxygen atoms in total. The van der Waals surface area contributed by atoms with Crippen LogP contribution < -0.4 is 27.8 Å². The molecule has 0 aliphatic carbocycles. The second-order valence-corrected chi connectivity index (χ2v) is 4.77. The molecule has 1 saturated heterocycles. The van der Waals surface area contributed by atoms with Gasteiger partial charge in [-0.05, 0) is 58.5 Å². The van der Waals surface area contributed by atoms with Crippen LogP contribution in [0.5, 0.6) is 0 Å². The molecule has 116 valence electrons. The van der Waals surface area contributed by atoms with Gasteiger partial charge in [0.2, 0.25) is 0 Å². The van der Waals surface area contributed by atoms with Crippen molar-refractivity contribution in [1.82, 2.24) is 15.5 Å². The number of nitrogens with zero attached hydrogens (tertiary/aromatic N) is 1. The molecular formula is C13H34N6. The second kappa shape index (κ2) is 15.8. The molecule has 0 aromatic heterocycles. The van der Waals surface area contributed by atoms with Crippen LogP contribution in [0.25, 0.3) is 0 Å². The second-order valence-electron chi connectivity index (χ2n) is 4.77. The third kappa shape index (κ3) is 14.0. The zero-order chi connectivity index (χ0) is 14.2. The topological polar surface area (TPSA) is 105 Å². The van der Waals surface area contributed by atoms with Gasteiger partial charge in [-0.25, -0.2) is 0 Å². The maximum absolute atomic E-state index is 5.40. The smallest absolute Gasteiger partial charge is 0.0107 e. The summed E-state index contributed by atoms with van der Waals surface area (Å²) in [5.74, 6) is 0. The Labute approximate surface area is 118 Å². The summed E-state index contributed by atoms with van der Waals surface area (Å²) in [5, 5.41) is 6.55. The van der Waals surface area contributed by atoms with Gasteiger partial charge in [0.25, 0.3) is 0 Å². The van der Waals surface area contributed by atoms with Crippen molar-refractivity contribution in [2.45, 2.75) is 19.3 Å². The summed E-state index contributed by atoms with van der Waals surface area (Å²) in [7, 11) is 0. The van der Waals surface area contributed by atoms with Gasteiger partial charge in [-0.2, -0.15) is 0 Å². The van der Waals surface area contributed by atoms with Crippen molar-refractivity contribution >= 4 is 0 Å². The summed E-state index contributed by atoms with van der Waals surface area (Å²) in [5.41, 5.74) is 16.0. The highest BCUT2D eigenvalue weighted by Crippen LogP contribution is 1.92. The average molecular weight is 274 g/mol. The molecule has 1 fully saturated rings. The Kier molecular flexibility index (Phi) is 15.6. The largest absolute Gasteiger partial charge is 0.330 e. The molecule has 0 amide bonds. The zero-order valence-electron chi connectivity index (χ0n) is 12.4. The van der Waals surface area contributed by atoms with E-state index in [0.29, 0.717) is 0 Å². The van der Waals surface area contributed by atoms with Crippen LogP contribution in [0, 0.1) is 0 Å². The normalized spacial score (nSPS) is 15.9. The van der Waals surface area contributed by atoms with Crippen LogP contribution in [0.3, 0.4) is 0 Å². The summed E-state index contributed by atoms with van der Waals surface area (Å²) >= 11 is 0. The van der Waals surface area contributed by atoms with E-state index < -0.39 is 0 Å². The minimum atomic E-state index is 0.773. The summed E-state index contributed by atoms with van der Waals surface area (Å²) in [6.07, 6.45) is 3.26. The predicted molar refractivity (Wildman–Crippen MR) is 83.2 cm³/mol. The van der Waals surface area contributed by atoms with E-state index in [1.54, 1.807) is 0 Å². The van der Waals surface area contributed by atoms with Crippen molar-refractivity contribution in [2.24, 2.45) is 17.2 Å². The monoisotopic (exact) mass is 274 g/mol. The molecule has 0 unspecified atom stereocenters. The van der Waals surface area contributed by atoms with Crippen LogP contribution in [0.1, 0.15) is 19.3 Å². The molecule has 19 heavy (non-hydrogen) atoms. The van der Waals surface area contributed by atoms with E-state index in [-0.39, 0.29) is 0 Å². The molecule has 0 radical (unpaired) electrons. The molecule has 0 aromatic carbocycles. The Balaban J connectivity index is 0.000000344. The van der Waals surface area contributed by atoms with Gasteiger partial charge in [0.15, 0.2) is 0 Å². The fraction of sp³-hybridized carbons (Fsp3) is 1.00. The van der Waals surface area contributed by atoms with Crippen molar-refractivity contribution < 1.29 is 0 Å². The van der Waals surface area contributed by atoms with Crippen LogP contribution >= 0.6 is 0 Å². The first-order valence-corrected chi connectivity index (χ1v) is 7.59. The maximum atomic E-state index is 5.40. The highest BCUT2D eigenvalue weighted by molar-refractivity contribution is 4.66. The SMILES string of the molecule is NCCCN1CCNCC1.NCCCNCCCN. The van der Waals surface area contributed by atoms with E-state index in [9.17, 15) is 0 Å². The maximum Gasteiger partial charge on any atom is 0.0107 e. The van der Waals surface area contributed by atoms with E-state index >= 15 is 0 Å². The van der Waals surface area contributed by atoms with Gasteiger partial charge in [-0.15, -0.1) is 0 Å². The Hall–Kier alpha value is -0.240. The number of nitrogens with two attached hydrogens (primary N) is 3. The van der Waals surface area contributed by atoms with Crippen molar-refractivity contribution in [3.63, 3.8) is 0 Å². The van der Waals surface area contributed by atoms with Gasteiger partial charge in [0.05, 0.1) is 0 Å². The molecule has 1 rings (SSSR count). The van der Waals surface area contributed by atoms with Crippen molar-refractivity contribution in [1.29, 1.82) is 0 Å². The summed E-state index contributed by atoms with van der Waals surface area (Å²) in [4.78, 5) is 2.46. The fourth-order valence-corrected chi connectivity index (χ4v) is 1.83. The first kappa shape index (κ1) is 18.8. The van der Waals surface area contributed by atoms with Crippen molar-refractivity contribution in [3.8, 4) is 0 Å². The lowest BCUT2D eigenvalue weighted by Crippen LogP contribution is -2.44. The molecule has 6 heteroatoms. The Morgan fingerprint density at radius 1 is 0.842 bits per heavy atom. The van der Waals surface area contributed by atoms with Gasteiger partial charge < -0.3 is 32.7 Å². The highest BCUT2D eigenvalue weighted by Gasteiger charge is 2.07. The quantitative estimate of drug-likeness (QED) is 0.328. The number of hydrogen-bond acceptors (Lipinski definition) is 6. The molecule has 8 N–H and O–H groups in total. The van der Waals surface area contributed by atoms with E-state index in [2.05, 4.69) is 15.5 Å². The van der Waals surface area contributed by atoms with Gasteiger partial charge >= 0.3 is 0 Å². The predicted octanol–water partition coefficient (Wildman–Crippen LogP) is -1.49. The summed E-state index contributed by atoms with van der Waals surface area (Å²) in [6.45, 7) is 10.3. The van der Waals surface area contributed by atoms with E-state index in [1.807, 2.05) is 0 Å². The van der Waals surface area contributed by atoms with Gasteiger partial charge in [0, 0.05) is 26.2 Å². The summed E-state index contributed by atoms with van der Waals surface area (Å²) < 4.78 is 0. The molecule has 0 atom stereocenters. The highest BCUT2D eigenvalue weighted by atomic mass is 15.2. The number of nitrogens with one attached hydrogen (secondary N) is 2. The minimum absolute atomic E-state index is 0.773. The molecule has 0 saturated carbocycles. The van der Waals surface area contributed by atoms with Gasteiger partial charge in [-0.1, -0.05) is 0 Å². The van der Waals surface area contributed by atoms with Crippen LogP contribution in [-0.2, 0) is 0 Å². The molecule has 1 heterocycles. The van der Waals surface area contributed by atoms with Crippen LogP contribution in [-0.4, -0.2) is 70.3 Å². The van der Waals surface area contributed by atoms with Crippen molar-refractivity contribution in [2.75, 3.05) is 65.4 Å². The third-order valence-corrected chi connectivity index (χ3v) is 3.00. The lowest BCUT2D eigenvalue weighted by atomic mass is 10.3. The molecule has 1 aliphatic rings. The van der Waals surface area contributed by atoms with Crippen molar-refractivity contribution in [3.05, 3.63) is 0 Å². The van der Waals surface area contributed by atoms with Crippen LogP contribution in [0.2, 0.25) is 0 Å².